The summed E-state index contributed by atoms with van der Waals surface area (Å²) in [6.45, 7) is 0.908. The fourth-order valence-electron chi connectivity index (χ4n) is 1.96. The van der Waals surface area contributed by atoms with Crippen molar-refractivity contribution in [1.29, 1.82) is 0 Å². The van der Waals surface area contributed by atoms with Gasteiger partial charge >= 0.3 is 10.0 Å². The third-order valence-electron chi connectivity index (χ3n) is 2.59. The number of piperidine rings is 1. The Morgan fingerprint density at radius 2 is 2.50 bits per heavy atom. The van der Waals surface area contributed by atoms with Gasteiger partial charge in [0.1, 0.15) is 0 Å². The van der Waals surface area contributed by atoms with Crippen molar-refractivity contribution >= 4 is 10.0 Å². The van der Waals surface area contributed by atoms with Gasteiger partial charge in [-0.2, -0.15) is 0 Å². The Morgan fingerprint density at radius 3 is 3.33 bits per heavy atom. The van der Waals surface area contributed by atoms with Crippen molar-refractivity contribution in [2.24, 2.45) is 5.92 Å². The van der Waals surface area contributed by atoms with Gasteiger partial charge in [0.05, 0.1) is 0 Å². The number of nitrogens with zero attached hydrogens (tertiary/aromatic N) is 1. The highest BCUT2D eigenvalue weighted by atomic mass is 28.3. The minimum absolute atomic E-state index is 0.552. The Hall–Kier alpha value is -0.573. The summed E-state index contributed by atoms with van der Waals surface area (Å²) in [6, 6.07) is 0. The predicted octanol–water partition coefficient (Wildman–Crippen LogP) is 2.05. The summed E-state index contributed by atoms with van der Waals surface area (Å²) in [6.07, 6.45) is 9.78. The van der Waals surface area contributed by atoms with Crippen LogP contribution in [0.5, 0.6) is 0 Å². The highest BCUT2D eigenvalue weighted by molar-refractivity contribution is 6.23. The molecule has 1 atom stereocenters. The Morgan fingerprint density at radius 1 is 1.58 bits per heavy atom. The van der Waals surface area contributed by atoms with Crippen LogP contribution in [-0.2, 0) is 0 Å². The first kappa shape index (κ1) is 8.04. The normalized spacial score (nSPS) is 28.2. The molecule has 0 bridgehead atoms. The largest absolute Gasteiger partial charge is 0.437 e. The van der Waals surface area contributed by atoms with Gasteiger partial charge < -0.3 is 4.57 Å². The van der Waals surface area contributed by atoms with Crippen LogP contribution in [0.25, 0.3) is 0 Å². The zero-order chi connectivity index (χ0) is 8.39. The zero-order valence-corrected chi connectivity index (χ0v) is 7.96. The molecule has 2 rings (SSSR count). The zero-order valence-electron chi connectivity index (χ0n) is 6.96. The van der Waals surface area contributed by atoms with Gasteiger partial charge in [0, 0.05) is 18.2 Å². The lowest BCUT2D eigenvalue weighted by atomic mass is 9.89. The van der Waals surface area contributed by atoms with E-state index in [0.29, 0.717) is 5.92 Å². The molecule has 0 saturated carbocycles. The van der Waals surface area contributed by atoms with E-state index in [4.69, 9.17) is 0 Å². The van der Waals surface area contributed by atoms with Crippen LogP contribution in [0, 0.1) is 5.92 Å². The van der Waals surface area contributed by atoms with E-state index < -0.39 is 10.0 Å². The van der Waals surface area contributed by atoms with E-state index >= 15 is 0 Å². The second-order valence-corrected chi connectivity index (χ2v) is 4.04. The molecule has 2 radical (unpaired) electrons. The Labute approximate surface area is 75.0 Å². The molecular formula is C9H12FNSi. The van der Waals surface area contributed by atoms with E-state index in [1.807, 2.05) is 10.6 Å². The molecule has 0 aromatic rings. The molecule has 0 N–H and O–H groups in total. The molecule has 0 aromatic heterocycles. The lowest BCUT2D eigenvalue weighted by Gasteiger charge is -2.35. The average molecular weight is 181 g/mol. The fraction of sp³-hybridized carbons (Fsp3) is 0.556. The number of halogens is 1. The summed E-state index contributed by atoms with van der Waals surface area (Å²) in [5.74, 6) is 0.604. The van der Waals surface area contributed by atoms with Crippen LogP contribution < -0.4 is 0 Å². The first-order valence-corrected chi connectivity index (χ1v) is 5.25. The maximum atomic E-state index is 12.5. The molecule has 1 heterocycles. The minimum Gasteiger partial charge on any atom is -0.374 e. The molecular weight excluding hydrogens is 169 g/mol. The van der Waals surface area contributed by atoms with Crippen LogP contribution in [0.4, 0.5) is 4.11 Å². The fourth-order valence-corrected chi connectivity index (χ4v) is 2.56. The SMILES string of the molecule is F[Si]N1CCCC2CC=CC=C21. The number of hydrogen-bond acceptors (Lipinski definition) is 1. The van der Waals surface area contributed by atoms with Gasteiger partial charge in [0.15, 0.2) is 0 Å². The standard InChI is InChI=1S/C9H12FNSi/c10-12-11-7-3-5-8-4-1-2-6-9(8)11/h1-2,6,8H,3-5,7H2. The van der Waals surface area contributed by atoms with Crippen molar-refractivity contribution in [1.82, 2.24) is 4.57 Å². The van der Waals surface area contributed by atoms with Crippen LogP contribution in [0.2, 0.25) is 0 Å². The first-order chi connectivity index (χ1) is 5.92. The minimum atomic E-state index is -0.552. The second kappa shape index (κ2) is 3.43. The summed E-state index contributed by atoms with van der Waals surface area (Å²) in [5, 5.41) is 0. The maximum absolute atomic E-state index is 12.5. The molecule has 1 aliphatic carbocycles. The van der Waals surface area contributed by atoms with Crippen LogP contribution in [0.3, 0.4) is 0 Å². The lowest BCUT2D eigenvalue weighted by Crippen LogP contribution is -2.34. The molecule has 0 spiro atoms. The molecule has 1 nitrogen and oxygen atoms in total. The summed E-state index contributed by atoms with van der Waals surface area (Å²) in [5.41, 5.74) is 1.23. The third-order valence-corrected chi connectivity index (χ3v) is 3.28. The molecule has 0 aromatic carbocycles. The van der Waals surface area contributed by atoms with E-state index in [9.17, 15) is 4.11 Å². The lowest BCUT2D eigenvalue weighted by molar-refractivity contribution is 0.332. The molecule has 1 fully saturated rings. The van der Waals surface area contributed by atoms with Gasteiger partial charge in [0.25, 0.3) is 0 Å². The van der Waals surface area contributed by atoms with Crippen LogP contribution in [0.1, 0.15) is 19.3 Å². The van der Waals surface area contributed by atoms with Crippen molar-refractivity contribution in [3.8, 4) is 0 Å². The number of allylic oxidation sites excluding steroid dienone is 4. The van der Waals surface area contributed by atoms with Crippen molar-refractivity contribution < 1.29 is 4.11 Å². The monoisotopic (exact) mass is 181 g/mol. The van der Waals surface area contributed by atoms with E-state index in [1.54, 1.807) is 0 Å². The van der Waals surface area contributed by atoms with E-state index in [0.717, 1.165) is 19.4 Å². The summed E-state index contributed by atoms with van der Waals surface area (Å²) < 4.78 is 14.4. The van der Waals surface area contributed by atoms with Crippen molar-refractivity contribution in [3.05, 3.63) is 23.9 Å². The summed E-state index contributed by atoms with van der Waals surface area (Å²) in [4.78, 5) is 0. The highest BCUT2D eigenvalue weighted by Crippen LogP contribution is 2.31. The Kier molecular flexibility index (Phi) is 2.30. The van der Waals surface area contributed by atoms with E-state index in [-0.39, 0.29) is 0 Å². The van der Waals surface area contributed by atoms with Crippen molar-refractivity contribution in [3.63, 3.8) is 0 Å². The summed E-state index contributed by atoms with van der Waals surface area (Å²) in [7, 11) is -0.552. The Balaban J connectivity index is 2.17. The van der Waals surface area contributed by atoms with Crippen LogP contribution >= 0.6 is 0 Å². The van der Waals surface area contributed by atoms with Crippen molar-refractivity contribution in [2.75, 3.05) is 6.54 Å². The Bertz CT molecular complexity index is 225. The smallest absolute Gasteiger partial charge is 0.374 e. The van der Waals surface area contributed by atoms with Gasteiger partial charge in [-0.3, -0.25) is 4.11 Å². The maximum Gasteiger partial charge on any atom is 0.437 e. The molecule has 1 saturated heterocycles. The molecule has 1 aliphatic heterocycles. The first-order valence-electron chi connectivity index (χ1n) is 4.42. The molecule has 2 aliphatic rings. The topological polar surface area (TPSA) is 3.24 Å². The van der Waals surface area contributed by atoms with E-state index in [1.165, 1.54) is 12.1 Å². The van der Waals surface area contributed by atoms with Crippen LogP contribution in [0.15, 0.2) is 23.9 Å². The third kappa shape index (κ3) is 1.33. The number of rotatable bonds is 1. The second-order valence-electron chi connectivity index (χ2n) is 3.33. The number of hydrogen-bond donors (Lipinski definition) is 0. The average Bonchev–Trinajstić information content (AvgIpc) is 2.17. The van der Waals surface area contributed by atoms with Gasteiger partial charge in [-0.05, 0) is 25.3 Å². The van der Waals surface area contributed by atoms with Gasteiger partial charge in [-0.1, -0.05) is 12.2 Å². The molecule has 0 amide bonds. The van der Waals surface area contributed by atoms with Gasteiger partial charge in [0.2, 0.25) is 0 Å². The number of fused-ring (bicyclic) bond motifs is 1. The summed E-state index contributed by atoms with van der Waals surface area (Å²) >= 11 is 0. The molecule has 12 heavy (non-hydrogen) atoms. The van der Waals surface area contributed by atoms with Gasteiger partial charge in [-0.15, -0.1) is 0 Å². The highest BCUT2D eigenvalue weighted by Gasteiger charge is 2.25. The van der Waals surface area contributed by atoms with Crippen molar-refractivity contribution in [2.45, 2.75) is 19.3 Å². The molecule has 3 heteroatoms. The predicted molar refractivity (Wildman–Crippen MR) is 48.1 cm³/mol. The molecule has 64 valence electrons. The molecule has 1 unspecified atom stereocenters. The van der Waals surface area contributed by atoms with Crippen LogP contribution in [-0.4, -0.2) is 21.1 Å². The van der Waals surface area contributed by atoms with Gasteiger partial charge in [-0.25, -0.2) is 0 Å². The van der Waals surface area contributed by atoms with E-state index in [2.05, 4.69) is 12.2 Å². The quantitative estimate of drug-likeness (QED) is 0.442.